The fourth-order valence-electron chi connectivity index (χ4n) is 2.87. The van der Waals surface area contributed by atoms with Gasteiger partial charge in [0.1, 0.15) is 5.69 Å². The second-order valence-electron chi connectivity index (χ2n) is 6.06. The van der Waals surface area contributed by atoms with Crippen LogP contribution in [0.2, 0.25) is 10.4 Å². The van der Waals surface area contributed by atoms with Crippen molar-refractivity contribution in [2.45, 2.75) is 6.54 Å². The zero-order chi connectivity index (χ0) is 18.8. The number of nitrogens with zero attached hydrogens (tertiary/aromatic N) is 5. The van der Waals surface area contributed by atoms with Crippen molar-refractivity contribution >= 4 is 40.2 Å². The van der Waals surface area contributed by atoms with Gasteiger partial charge >= 0.3 is 0 Å². The number of aromatic nitrogens is 4. The molecule has 0 aliphatic rings. The molecule has 4 aromatic rings. The van der Waals surface area contributed by atoms with Crippen molar-refractivity contribution in [2.75, 3.05) is 11.9 Å². The van der Waals surface area contributed by atoms with E-state index in [9.17, 15) is 0 Å². The van der Waals surface area contributed by atoms with Gasteiger partial charge in [0.2, 0.25) is 5.28 Å². The number of benzene rings is 2. The molecule has 0 saturated carbocycles. The van der Waals surface area contributed by atoms with E-state index in [4.69, 9.17) is 28.2 Å². The normalized spacial score (nSPS) is 10.9. The van der Waals surface area contributed by atoms with Crippen molar-refractivity contribution in [1.29, 1.82) is 0 Å². The molecular formula is C20H15Cl2N5. The summed E-state index contributed by atoms with van der Waals surface area (Å²) in [5.41, 5.74) is 3.54. The van der Waals surface area contributed by atoms with E-state index in [1.54, 1.807) is 0 Å². The second kappa shape index (κ2) is 7.47. The number of anilines is 1. The highest BCUT2D eigenvalue weighted by Gasteiger charge is 2.17. The van der Waals surface area contributed by atoms with Gasteiger partial charge in [-0.05, 0) is 17.2 Å². The highest BCUT2D eigenvalue weighted by molar-refractivity contribution is 6.32. The van der Waals surface area contributed by atoms with Gasteiger partial charge in [-0.2, -0.15) is 9.97 Å². The zero-order valence-corrected chi connectivity index (χ0v) is 16.0. The lowest BCUT2D eigenvalue weighted by molar-refractivity contribution is 0.896. The Morgan fingerprint density at radius 2 is 1.48 bits per heavy atom. The summed E-state index contributed by atoms with van der Waals surface area (Å²) in [4.78, 5) is 19.7. The topological polar surface area (TPSA) is 54.8 Å². The first-order valence-corrected chi connectivity index (χ1v) is 9.08. The molecule has 7 heteroatoms. The Balaban J connectivity index is 1.84. The van der Waals surface area contributed by atoms with Gasteiger partial charge in [0.05, 0.1) is 0 Å². The van der Waals surface area contributed by atoms with E-state index in [1.165, 1.54) is 0 Å². The molecule has 0 bridgehead atoms. The first-order valence-electron chi connectivity index (χ1n) is 8.33. The maximum atomic E-state index is 6.36. The van der Waals surface area contributed by atoms with Crippen LogP contribution in [0.15, 0.2) is 60.7 Å². The molecule has 134 valence electrons. The molecule has 0 fully saturated rings. The summed E-state index contributed by atoms with van der Waals surface area (Å²) in [5.74, 6) is 0.607. The number of hydrogen-bond acceptors (Lipinski definition) is 5. The van der Waals surface area contributed by atoms with E-state index in [0.717, 1.165) is 11.1 Å². The standard InChI is InChI=1S/C20H15Cl2N5/c1-27(12-13-8-4-2-5-9-13)19-16-18(25-20(22)26-19)24-17(21)15(23-16)14-10-6-3-7-11-14/h2-11H,12H2,1H3. The highest BCUT2D eigenvalue weighted by Crippen LogP contribution is 2.30. The number of fused-ring (bicyclic) bond motifs is 1. The lowest BCUT2D eigenvalue weighted by Gasteiger charge is -2.19. The third kappa shape index (κ3) is 3.70. The summed E-state index contributed by atoms with van der Waals surface area (Å²) in [6, 6.07) is 19.8. The molecule has 27 heavy (non-hydrogen) atoms. The third-order valence-corrected chi connectivity index (χ3v) is 4.55. The molecule has 5 nitrogen and oxygen atoms in total. The van der Waals surface area contributed by atoms with Crippen molar-refractivity contribution in [3.05, 3.63) is 76.7 Å². The first kappa shape index (κ1) is 17.6. The average Bonchev–Trinajstić information content (AvgIpc) is 2.68. The predicted octanol–water partition coefficient (Wildman–Crippen LogP) is 5.03. The molecule has 0 spiro atoms. The van der Waals surface area contributed by atoms with Crippen LogP contribution in [-0.4, -0.2) is 27.0 Å². The lowest BCUT2D eigenvalue weighted by Crippen LogP contribution is -2.19. The summed E-state index contributed by atoms with van der Waals surface area (Å²) in [5, 5.41) is 0.385. The third-order valence-electron chi connectivity index (χ3n) is 4.11. The molecule has 2 aromatic carbocycles. The summed E-state index contributed by atoms with van der Waals surface area (Å²) in [6.07, 6.45) is 0. The summed E-state index contributed by atoms with van der Waals surface area (Å²) in [7, 11) is 1.93. The molecule has 0 saturated heterocycles. The van der Waals surface area contributed by atoms with Crippen molar-refractivity contribution < 1.29 is 0 Å². The maximum absolute atomic E-state index is 6.36. The predicted molar refractivity (Wildman–Crippen MR) is 109 cm³/mol. The largest absolute Gasteiger partial charge is 0.353 e. The number of hydrogen-bond donors (Lipinski definition) is 0. The Hall–Kier alpha value is -2.76. The molecule has 0 N–H and O–H groups in total. The van der Waals surface area contributed by atoms with Gasteiger partial charge in [-0.25, -0.2) is 9.97 Å². The van der Waals surface area contributed by atoms with Gasteiger partial charge in [0.15, 0.2) is 22.1 Å². The van der Waals surface area contributed by atoms with Crippen LogP contribution < -0.4 is 4.90 Å². The van der Waals surface area contributed by atoms with Crippen LogP contribution in [0, 0.1) is 0 Å². The van der Waals surface area contributed by atoms with Crippen LogP contribution in [-0.2, 0) is 6.54 Å². The molecule has 0 amide bonds. The summed E-state index contributed by atoms with van der Waals surface area (Å²) >= 11 is 12.5. The quantitative estimate of drug-likeness (QED) is 0.453. The molecule has 2 aromatic heterocycles. The average molecular weight is 396 g/mol. The molecule has 0 unspecified atom stereocenters. The second-order valence-corrected chi connectivity index (χ2v) is 6.76. The molecule has 0 aliphatic heterocycles. The fourth-order valence-corrected chi connectivity index (χ4v) is 3.26. The molecule has 4 rings (SSSR count). The van der Waals surface area contributed by atoms with Crippen LogP contribution in [0.1, 0.15) is 5.56 Å². The lowest BCUT2D eigenvalue weighted by atomic mass is 10.1. The Morgan fingerprint density at radius 1 is 0.815 bits per heavy atom. The van der Waals surface area contributed by atoms with E-state index >= 15 is 0 Å². The van der Waals surface area contributed by atoms with Crippen molar-refractivity contribution in [3.8, 4) is 11.3 Å². The molecule has 0 aliphatic carbocycles. The minimum atomic E-state index is 0.107. The Labute approximate surface area is 166 Å². The smallest absolute Gasteiger partial charge is 0.226 e. The Bertz CT molecular complexity index is 1090. The van der Waals surface area contributed by atoms with Crippen molar-refractivity contribution in [2.24, 2.45) is 0 Å². The first-order chi connectivity index (χ1) is 13.1. The van der Waals surface area contributed by atoms with Crippen LogP contribution in [0.3, 0.4) is 0 Å². The van der Waals surface area contributed by atoms with Gasteiger partial charge in [-0.3, -0.25) is 0 Å². The van der Waals surface area contributed by atoms with Crippen LogP contribution in [0.5, 0.6) is 0 Å². The van der Waals surface area contributed by atoms with Crippen LogP contribution >= 0.6 is 23.2 Å². The van der Waals surface area contributed by atoms with E-state index < -0.39 is 0 Å². The molecule has 2 heterocycles. The van der Waals surface area contributed by atoms with Crippen molar-refractivity contribution in [1.82, 2.24) is 19.9 Å². The van der Waals surface area contributed by atoms with Crippen molar-refractivity contribution in [3.63, 3.8) is 0 Å². The zero-order valence-electron chi connectivity index (χ0n) is 14.5. The van der Waals surface area contributed by atoms with E-state index in [2.05, 4.69) is 27.1 Å². The van der Waals surface area contributed by atoms with Gasteiger partial charge in [-0.1, -0.05) is 72.3 Å². The summed E-state index contributed by atoms with van der Waals surface area (Å²) in [6.45, 7) is 0.647. The maximum Gasteiger partial charge on any atom is 0.226 e. The van der Waals surface area contributed by atoms with E-state index in [0.29, 0.717) is 29.2 Å². The van der Waals surface area contributed by atoms with Gasteiger partial charge in [0.25, 0.3) is 0 Å². The van der Waals surface area contributed by atoms with Crippen LogP contribution in [0.4, 0.5) is 5.82 Å². The van der Waals surface area contributed by atoms with Crippen LogP contribution in [0.25, 0.3) is 22.4 Å². The monoisotopic (exact) mass is 395 g/mol. The number of rotatable bonds is 4. The minimum absolute atomic E-state index is 0.107. The Morgan fingerprint density at radius 3 is 2.19 bits per heavy atom. The highest BCUT2D eigenvalue weighted by atomic mass is 35.5. The molecule has 0 atom stereocenters. The van der Waals surface area contributed by atoms with E-state index in [1.807, 2.05) is 60.5 Å². The van der Waals surface area contributed by atoms with Gasteiger partial charge in [-0.15, -0.1) is 0 Å². The van der Waals surface area contributed by atoms with Gasteiger partial charge < -0.3 is 4.90 Å². The number of halogens is 2. The van der Waals surface area contributed by atoms with E-state index in [-0.39, 0.29) is 10.4 Å². The fraction of sp³-hybridized carbons (Fsp3) is 0.100. The molecule has 0 radical (unpaired) electrons. The Kier molecular flexibility index (Phi) is 4.88. The SMILES string of the molecule is CN(Cc1ccccc1)c1nc(Cl)nc2nc(Cl)c(-c3ccccc3)nc12. The summed E-state index contributed by atoms with van der Waals surface area (Å²) < 4.78 is 0. The minimum Gasteiger partial charge on any atom is -0.353 e. The molecular weight excluding hydrogens is 381 g/mol. The van der Waals surface area contributed by atoms with Gasteiger partial charge in [0, 0.05) is 19.2 Å².